The Kier molecular flexibility index (Phi) is 5.81. The van der Waals surface area contributed by atoms with E-state index in [4.69, 9.17) is 4.74 Å². The predicted molar refractivity (Wildman–Crippen MR) is 116 cm³/mol. The summed E-state index contributed by atoms with van der Waals surface area (Å²) < 4.78 is 7.43. The molecule has 3 aromatic rings. The molecule has 0 saturated heterocycles. The van der Waals surface area contributed by atoms with Crippen LogP contribution in [0.15, 0.2) is 60.3 Å². The van der Waals surface area contributed by atoms with Gasteiger partial charge in [-0.3, -0.25) is 9.36 Å². The van der Waals surface area contributed by atoms with Crippen molar-refractivity contribution in [3.05, 3.63) is 71.8 Å². The fourth-order valence-corrected chi connectivity index (χ4v) is 4.52. The van der Waals surface area contributed by atoms with E-state index in [1.807, 2.05) is 34.9 Å². The number of allylic oxidation sites excluding steroid dienone is 1. The number of rotatable bonds is 8. The van der Waals surface area contributed by atoms with Gasteiger partial charge in [-0.2, -0.15) is 0 Å². The number of fused-ring (bicyclic) bond motifs is 1. The summed E-state index contributed by atoms with van der Waals surface area (Å²) in [7, 11) is 1.64. The van der Waals surface area contributed by atoms with Crippen LogP contribution in [-0.4, -0.2) is 33.4 Å². The lowest BCUT2D eigenvalue weighted by molar-refractivity contribution is 0.102. The van der Waals surface area contributed by atoms with Gasteiger partial charge in [0.05, 0.1) is 18.4 Å². The molecule has 0 radical (unpaired) electrons. The van der Waals surface area contributed by atoms with Crippen molar-refractivity contribution in [2.75, 3.05) is 12.9 Å². The molecule has 1 aromatic heterocycles. The van der Waals surface area contributed by atoms with Gasteiger partial charge in [-0.25, -0.2) is 0 Å². The summed E-state index contributed by atoms with van der Waals surface area (Å²) in [5.74, 6) is 1.86. The zero-order valence-electron chi connectivity index (χ0n) is 16.4. The number of methoxy groups -OCH3 is 1. The molecule has 0 saturated carbocycles. The number of carbonyl (C=O) groups is 1. The number of aromatic nitrogens is 3. The monoisotopic (exact) mass is 405 g/mol. The van der Waals surface area contributed by atoms with Gasteiger partial charge in [-0.05, 0) is 48.6 Å². The fourth-order valence-electron chi connectivity index (χ4n) is 3.68. The molecule has 0 amide bonds. The van der Waals surface area contributed by atoms with Crippen LogP contribution in [0.5, 0.6) is 5.75 Å². The smallest absolute Gasteiger partial charge is 0.192 e. The van der Waals surface area contributed by atoms with Gasteiger partial charge in [0.25, 0.3) is 0 Å². The number of para-hydroxylation sites is 1. The first-order valence-electron chi connectivity index (χ1n) is 9.66. The molecule has 148 valence electrons. The van der Waals surface area contributed by atoms with Crippen LogP contribution in [0, 0.1) is 0 Å². The molecular formula is C23H23N3O2S. The maximum Gasteiger partial charge on any atom is 0.192 e. The molecule has 6 heteroatoms. The molecule has 29 heavy (non-hydrogen) atoms. The third-order valence-electron chi connectivity index (χ3n) is 5.13. The molecular weight excluding hydrogens is 382 g/mol. The van der Waals surface area contributed by atoms with Crippen LogP contribution in [0.1, 0.15) is 27.9 Å². The molecule has 4 rings (SSSR count). The second-order valence-corrected chi connectivity index (χ2v) is 7.90. The molecule has 0 fully saturated rings. The summed E-state index contributed by atoms with van der Waals surface area (Å²) in [6.45, 7) is 4.40. The topological polar surface area (TPSA) is 57.0 Å². The van der Waals surface area contributed by atoms with E-state index >= 15 is 0 Å². The average Bonchev–Trinajstić information content (AvgIpc) is 3.38. The van der Waals surface area contributed by atoms with Crippen LogP contribution in [-0.2, 0) is 19.4 Å². The Morgan fingerprint density at radius 2 is 2.03 bits per heavy atom. The van der Waals surface area contributed by atoms with Gasteiger partial charge >= 0.3 is 0 Å². The minimum absolute atomic E-state index is 0.108. The van der Waals surface area contributed by atoms with Crippen LogP contribution < -0.4 is 4.74 Å². The Balaban J connectivity index is 1.55. The molecule has 0 spiro atoms. The van der Waals surface area contributed by atoms with E-state index in [1.54, 1.807) is 13.2 Å². The van der Waals surface area contributed by atoms with E-state index in [0.29, 0.717) is 23.3 Å². The Morgan fingerprint density at radius 3 is 2.86 bits per heavy atom. The number of ether oxygens (including phenoxy) is 1. The second kappa shape index (κ2) is 8.66. The lowest BCUT2D eigenvalue weighted by atomic mass is 10.0. The number of thioether (sulfide) groups is 1. The number of ketones is 1. The normalized spacial score (nSPS) is 12.6. The first-order valence-corrected chi connectivity index (χ1v) is 10.6. The number of benzene rings is 2. The van der Waals surface area contributed by atoms with Crippen molar-refractivity contribution in [2.45, 2.75) is 31.0 Å². The highest BCUT2D eigenvalue weighted by atomic mass is 32.2. The number of hydrogen-bond donors (Lipinski definition) is 0. The van der Waals surface area contributed by atoms with Gasteiger partial charge in [0.2, 0.25) is 0 Å². The molecule has 0 bridgehead atoms. The maximum absolute atomic E-state index is 12.7. The number of hydrogen-bond acceptors (Lipinski definition) is 5. The molecule has 0 N–H and O–H groups in total. The molecule has 1 aliphatic carbocycles. The number of aryl methyl sites for hydroxylation is 2. The lowest BCUT2D eigenvalue weighted by Gasteiger charge is -2.10. The maximum atomic E-state index is 12.7. The Hall–Kier alpha value is -2.86. The van der Waals surface area contributed by atoms with Crippen molar-refractivity contribution in [3.8, 4) is 17.1 Å². The third-order valence-corrected chi connectivity index (χ3v) is 6.10. The minimum Gasteiger partial charge on any atom is -0.496 e. The van der Waals surface area contributed by atoms with Gasteiger partial charge in [-0.1, -0.05) is 42.1 Å². The van der Waals surface area contributed by atoms with E-state index in [1.165, 1.54) is 29.3 Å². The second-order valence-electron chi connectivity index (χ2n) is 6.95. The largest absolute Gasteiger partial charge is 0.496 e. The summed E-state index contributed by atoms with van der Waals surface area (Å²) >= 11 is 1.40. The van der Waals surface area contributed by atoms with Crippen LogP contribution in [0.2, 0.25) is 0 Å². The first-order chi connectivity index (χ1) is 14.2. The van der Waals surface area contributed by atoms with Crippen LogP contribution in [0.4, 0.5) is 0 Å². The van der Waals surface area contributed by atoms with Gasteiger partial charge in [0.1, 0.15) is 5.75 Å². The molecule has 2 aromatic carbocycles. The highest BCUT2D eigenvalue weighted by Gasteiger charge is 2.19. The molecule has 1 aliphatic rings. The van der Waals surface area contributed by atoms with E-state index in [9.17, 15) is 4.79 Å². The molecule has 1 heterocycles. The van der Waals surface area contributed by atoms with Gasteiger partial charge in [0, 0.05) is 12.1 Å². The van der Waals surface area contributed by atoms with Gasteiger partial charge in [-0.15, -0.1) is 16.8 Å². The summed E-state index contributed by atoms with van der Waals surface area (Å²) in [6.07, 6.45) is 5.17. The SMILES string of the molecule is C=CCn1c(SCC(=O)c2ccc3c(c2)CCC3)nnc1-c1ccccc1OC. The van der Waals surface area contributed by atoms with Crippen LogP contribution in [0.25, 0.3) is 11.4 Å². The fraction of sp³-hybridized carbons (Fsp3) is 0.261. The van der Waals surface area contributed by atoms with Crippen molar-refractivity contribution in [3.63, 3.8) is 0 Å². The van der Waals surface area contributed by atoms with Crippen molar-refractivity contribution in [1.29, 1.82) is 0 Å². The van der Waals surface area contributed by atoms with Gasteiger partial charge < -0.3 is 4.74 Å². The van der Waals surface area contributed by atoms with Crippen LogP contribution in [0.3, 0.4) is 0 Å². The van der Waals surface area contributed by atoms with Crippen molar-refractivity contribution in [2.24, 2.45) is 0 Å². The number of Topliss-reactive ketones (excluding diaryl/α,β-unsaturated/α-hetero) is 1. The summed E-state index contributed by atoms with van der Waals surface area (Å²) in [6, 6.07) is 13.8. The van der Waals surface area contributed by atoms with E-state index in [0.717, 1.165) is 29.7 Å². The Bertz CT molecular complexity index is 1060. The zero-order chi connectivity index (χ0) is 20.2. The quantitative estimate of drug-likeness (QED) is 0.311. The van der Waals surface area contributed by atoms with E-state index in [-0.39, 0.29) is 5.78 Å². The third kappa shape index (κ3) is 3.98. The molecule has 0 aliphatic heterocycles. The zero-order valence-corrected chi connectivity index (χ0v) is 17.2. The Morgan fingerprint density at radius 1 is 1.21 bits per heavy atom. The highest BCUT2D eigenvalue weighted by Crippen LogP contribution is 2.31. The van der Waals surface area contributed by atoms with Crippen molar-refractivity contribution < 1.29 is 9.53 Å². The summed E-state index contributed by atoms with van der Waals surface area (Å²) in [5, 5.41) is 9.39. The van der Waals surface area contributed by atoms with Crippen molar-refractivity contribution in [1.82, 2.24) is 14.8 Å². The minimum atomic E-state index is 0.108. The predicted octanol–water partition coefficient (Wildman–Crippen LogP) is 4.60. The average molecular weight is 406 g/mol. The molecule has 5 nitrogen and oxygen atoms in total. The molecule has 0 unspecified atom stereocenters. The van der Waals surface area contributed by atoms with E-state index < -0.39 is 0 Å². The summed E-state index contributed by atoms with van der Waals surface area (Å²) in [4.78, 5) is 12.7. The molecule has 0 atom stereocenters. The van der Waals surface area contributed by atoms with Crippen LogP contribution >= 0.6 is 11.8 Å². The van der Waals surface area contributed by atoms with E-state index in [2.05, 4.69) is 28.9 Å². The first kappa shape index (κ1) is 19.5. The Labute approximate surface area is 174 Å². The standard InChI is InChI=1S/C23H23N3O2S/c1-3-13-26-22(19-9-4-5-10-21(19)28-2)24-25-23(26)29-15-20(27)18-12-11-16-7-6-8-17(16)14-18/h3-5,9-12,14H,1,6-8,13,15H2,2H3. The summed E-state index contributed by atoms with van der Waals surface area (Å²) in [5.41, 5.74) is 4.33. The van der Waals surface area contributed by atoms with Crippen molar-refractivity contribution >= 4 is 17.5 Å². The number of nitrogens with zero attached hydrogens (tertiary/aromatic N) is 3. The lowest BCUT2D eigenvalue weighted by Crippen LogP contribution is -2.06. The number of carbonyl (C=O) groups excluding carboxylic acids is 1. The highest BCUT2D eigenvalue weighted by molar-refractivity contribution is 7.99. The van der Waals surface area contributed by atoms with Gasteiger partial charge in [0.15, 0.2) is 16.8 Å².